The maximum absolute atomic E-state index is 5.23. The molecule has 0 atom stereocenters. The third-order valence-electron chi connectivity index (χ3n) is 2.07. The highest BCUT2D eigenvalue weighted by atomic mass is 16.5. The summed E-state index contributed by atoms with van der Waals surface area (Å²) in [7, 11) is 3.42. The van der Waals surface area contributed by atoms with Gasteiger partial charge in [0, 0.05) is 33.7 Å². The summed E-state index contributed by atoms with van der Waals surface area (Å²) in [6, 6.07) is 3.85. The molecule has 0 aromatic carbocycles. The summed E-state index contributed by atoms with van der Waals surface area (Å²) in [5, 5.41) is 6.32. The Morgan fingerprint density at radius 3 is 2.88 bits per heavy atom. The Hall–Kier alpha value is -1.49. The van der Waals surface area contributed by atoms with Crippen LogP contribution in [0.4, 0.5) is 0 Å². The van der Waals surface area contributed by atoms with Crippen molar-refractivity contribution in [2.45, 2.75) is 6.42 Å². The van der Waals surface area contributed by atoms with Crippen molar-refractivity contribution in [2.24, 2.45) is 4.99 Å². The molecule has 5 heteroatoms. The molecule has 0 spiro atoms. The van der Waals surface area contributed by atoms with Gasteiger partial charge in [0.1, 0.15) is 5.76 Å². The molecule has 1 aromatic rings. The van der Waals surface area contributed by atoms with E-state index in [0.717, 1.165) is 31.2 Å². The van der Waals surface area contributed by atoms with Crippen molar-refractivity contribution >= 4 is 5.96 Å². The van der Waals surface area contributed by atoms with Crippen molar-refractivity contribution in [3.8, 4) is 0 Å². The minimum absolute atomic E-state index is 0.666. The number of hydrogen-bond donors (Lipinski definition) is 2. The number of ether oxygens (including phenoxy) is 1. The summed E-state index contributed by atoms with van der Waals surface area (Å²) in [5.41, 5.74) is 0. The molecule has 1 heterocycles. The average Bonchev–Trinajstić information content (AvgIpc) is 2.80. The topological polar surface area (TPSA) is 58.8 Å². The van der Waals surface area contributed by atoms with Crippen LogP contribution in [0.5, 0.6) is 0 Å². The zero-order valence-corrected chi connectivity index (χ0v) is 9.82. The molecule has 16 heavy (non-hydrogen) atoms. The van der Waals surface area contributed by atoms with Gasteiger partial charge in [-0.25, -0.2) is 0 Å². The van der Waals surface area contributed by atoms with E-state index in [4.69, 9.17) is 9.15 Å². The van der Waals surface area contributed by atoms with Gasteiger partial charge in [-0.3, -0.25) is 4.99 Å². The standard InChI is InChI=1S/C11H19N3O2/c1-12-11(14-7-9-15-2)13-6-5-10-4-3-8-16-10/h3-4,8H,5-7,9H2,1-2H3,(H2,12,13,14). The highest BCUT2D eigenvalue weighted by Gasteiger charge is 1.98. The van der Waals surface area contributed by atoms with E-state index in [1.165, 1.54) is 0 Å². The van der Waals surface area contributed by atoms with Crippen LogP contribution in [-0.4, -0.2) is 39.8 Å². The van der Waals surface area contributed by atoms with Crippen molar-refractivity contribution in [3.05, 3.63) is 24.2 Å². The molecular formula is C11H19N3O2. The van der Waals surface area contributed by atoms with Crippen LogP contribution in [0, 0.1) is 0 Å². The van der Waals surface area contributed by atoms with Crippen LogP contribution in [0.3, 0.4) is 0 Å². The van der Waals surface area contributed by atoms with E-state index in [1.54, 1.807) is 20.4 Å². The second-order valence-corrected chi connectivity index (χ2v) is 3.25. The van der Waals surface area contributed by atoms with Crippen LogP contribution in [0.25, 0.3) is 0 Å². The molecule has 0 amide bonds. The molecule has 0 aliphatic carbocycles. The highest BCUT2D eigenvalue weighted by Crippen LogP contribution is 1.99. The maximum atomic E-state index is 5.23. The minimum atomic E-state index is 0.666. The predicted molar refractivity (Wildman–Crippen MR) is 63.7 cm³/mol. The van der Waals surface area contributed by atoms with Crippen LogP contribution in [0.1, 0.15) is 5.76 Å². The van der Waals surface area contributed by atoms with Crippen molar-refractivity contribution in [2.75, 3.05) is 33.9 Å². The molecular weight excluding hydrogens is 206 g/mol. The molecule has 2 N–H and O–H groups in total. The van der Waals surface area contributed by atoms with Gasteiger partial charge in [0.2, 0.25) is 0 Å². The molecule has 0 aliphatic rings. The first-order chi connectivity index (χ1) is 7.86. The van der Waals surface area contributed by atoms with E-state index in [2.05, 4.69) is 15.6 Å². The van der Waals surface area contributed by atoms with Gasteiger partial charge in [0.25, 0.3) is 0 Å². The molecule has 1 rings (SSSR count). The van der Waals surface area contributed by atoms with Crippen molar-refractivity contribution in [1.82, 2.24) is 10.6 Å². The number of nitrogens with zero attached hydrogens (tertiary/aromatic N) is 1. The van der Waals surface area contributed by atoms with Crippen LogP contribution in [0.15, 0.2) is 27.8 Å². The fourth-order valence-corrected chi connectivity index (χ4v) is 1.25. The SMILES string of the molecule is CN=C(NCCOC)NCCc1ccco1. The Morgan fingerprint density at radius 2 is 2.25 bits per heavy atom. The molecule has 90 valence electrons. The van der Waals surface area contributed by atoms with E-state index in [-0.39, 0.29) is 0 Å². The Balaban J connectivity index is 2.14. The lowest BCUT2D eigenvalue weighted by atomic mass is 10.3. The minimum Gasteiger partial charge on any atom is -0.469 e. The number of guanidine groups is 1. The van der Waals surface area contributed by atoms with Crippen molar-refractivity contribution < 1.29 is 9.15 Å². The fraction of sp³-hybridized carbons (Fsp3) is 0.545. The molecule has 5 nitrogen and oxygen atoms in total. The molecule has 1 aromatic heterocycles. The van der Waals surface area contributed by atoms with Crippen LogP contribution in [-0.2, 0) is 11.2 Å². The van der Waals surface area contributed by atoms with Gasteiger partial charge in [0.15, 0.2) is 5.96 Å². The number of hydrogen-bond acceptors (Lipinski definition) is 3. The second kappa shape index (κ2) is 7.76. The van der Waals surface area contributed by atoms with Gasteiger partial charge in [-0.1, -0.05) is 0 Å². The second-order valence-electron chi connectivity index (χ2n) is 3.25. The van der Waals surface area contributed by atoms with Crippen molar-refractivity contribution in [3.63, 3.8) is 0 Å². The van der Waals surface area contributed by atoms with E-state index in [9.17, 15) is 0 Å². The van der Waals surface area contributed by atoms with Gasteiger partial charge in [-0.2, -0.15) is 0 Å². The van der Waals surface area contributed by atoms with Crippen LogP contribution < -0.4 is 10.6 Å². The first-order valence-electron chi connectivity index (χ1n) is 5.32. The van der Waals surface area contributed by atoms with Crippen molar-refractivity contribution in [1.29, 1.82) is 0 Å². The smallest absolute Gasteiger partial charge is 0.191 e. The Morgan fingerprint density at radius 1 is 1.44 bits per heavy atom. The zero-order valence-electron chi connectivity index (χ0n) is 9.82. The lowest BCUT2D eigenvalue weighted by Gasteiger charge is -2.10. The first kappa shape index (κ1) is 12.6. The van der Waals surface area contributed by atoms with Gasteiger partial charge >= 0.3 is 0 Å². The number of methoxy groups -OCH3 is 1. The summed E-state index contributed by atoms with van der Waals surface area (Å²) < 4.78 is 10.2. The van der Waals surface area contributed by atoms with E-state index >= 15 is 0 Å². The maximum Gasteiger partial charge on any atom is 0.191 e. The summed E-state index contributed by atoms with van der Waals surface area (Å²) in [6.07, 6.45) is 2.53. The average molecular weight is 225 g/mol. The molecule has 0 saturated heterocycles. The number of furan rings is 1. The van der Waals surface area contributed by atoms with E-state index in [1.807, 2.05) is 12.1 Å². The van der Waals surface area contributed by atoms with E-state index in [0.29, 0.717) is 6.61 Å². The lowest BCUT2D eigenvalue weighted by molar-refractivity contribution is 0.203. The quantitative estimate of drug-likeness (QED) is 0.423. The Labute approximate surface area is 95.9 Å². The molecule has 0 bridgehead atoms. The first-order valence-corrected chi connectivity index (χ1v) is 5.32. The largest absolute Gasteiger partial charge is 0.469 e. The number of rotatable bonds is 6. The fourth-order valence-electron chi connectivity index (χ4n) is 1.25. The monoisotopic (exact) mass is 225 g/mol. The lowest BCUT2D eigenvalue weighted by Crippen LogP contribution is -2.39. The summed E-state index contributed by atoms with van der Waals surface area (Å²) in [6.45, 7) is 2.20. The molecule has 0 fully saturated rings. The third kappa shape index (κ3) is 4.84. The number of aliphatic imine (C=N–C) groups is 1. The summed E-state index contributed by atoms with van der Waals surface area (Å²) in [5.74, 6) is 1.75. The molecule has 0 aliphatic heterocycles. The molecule has 0 radical (unpaired) electrons. The molecule has 0 unspecified atom stereocenters. The molecule has 0 saturated carbocycles. The van der Waals surface area contributed by atoms with Gasteiger partial charge in [-0.15, -0.1) is 0 Å². The zero-order chi connectivity index (χ0) is 11.6. The number of nitrogens with one attached hydrogen (secondary N) is 2. The summed E-state index contributed by atoms with van der Waals surface area (Å²) in [4.78, 5) is 4.09. The van der Waals surface area contributed by atoms with E-state index < -0.39 is 0 Å². The third-order valence-corrected chi connectivity index (χ3v) is 2.07. The van der Waals surface area contributed by atoms with Crippen LogP contribution in [0.2, 0.25) is 0 Å². The van der Waals surface area contributed by atoms with Gasteiger partial charge < -0.3 is 19.8 Å². The Kier molecular flexibility index (Phi) is 6.10. The normalized spacial score (nSPS) is 11.5. The highest BCUT2D eigenvalue weighted by molar-refractivity contribution is 5.79. The van der Waals surface area contributed by atoms with Gasteiger partial charge in [-0.05, 0) is 12.1 Å². The van der Waals surface area contributed by atoms with Crippen LogP contribution >= 0.6 is 0 Å². The Bertz CT molecular complexity index is 296. The van der Waals surface area contributed by atoms with Gasteiger partial charge in [0.05, 0.1) is 12.9 Å². The summed E-state index contributed by atoms with van der Waals surface area (Å²) >= 11 is 0. The predicted octanol–water partition coefficient (Wildman–Crippen LogP) is 0.634.